The van der Waals surface area contributed by atoms with Crippen LogP contribution in [0.1, 0.15) is 37.2 Å². The molecule has 0 aromatic carbocycles. The number of nitrogens with two attached hydrogens (primary N) is 1. The van der Waals surface area contributed by atoms with E-state index in [2.05, 4.69) is 15.7 Å². The minimum Gasteiger partial charge on any atom is -0.345 e. The Balaban J connectivity index is 2.17. The lowest BCUT2D eigenvalue weighted by atomic mass is 9.98. The highest BCUT2D eigenvalue weighted by atomic mass is 35.5. The first-order valence-electron chi connectivity index (χ1n) is 5.89. The van der Waals surface area contributed by atoms with Crippen LogP contribution in [-0.4, -0.2) is 16.4 Å². The van der Waals surface area contributed by atoms with Gasteiger partial charge in [-0.15, -0.1) is 0 Å². The highest BCUT2D eigenvalue weighted by molar-refractivity contribution is 6.33. The molecule has 4 N–H and O–H groups in total. The topological polar surface area (TPSA) is 80.0 Å². The van der Waals surface area contributed by atoms with Crippen LogP contribution in [0.2, 0.25) is 5.02 Å². The lowest BCUT2D eigenvalue weighted by Gasteiger charge is -2.26. The van der Waals surface area contributed by atoms with Gasteiger partial charge in [0.05, 0.1) is 5.02 Å². The van der Waals surface area contributed by atoms with Crippen molar-refractivity contribution in [3.05, 3.63) is 22.8 Å². The summed E-state index contributed by atoms with van der Waals surface area (Å²) in [6.45, 7) is 4.03. The number of nitrogens with one attached hydrogen (secondary N) is 2. The fraction of sp³-hybridized carbons (Fsp3) is 0.500. The summed E-state index contributed by atoms with van der Waals surface area (Å²) >= 11 is 5.98. The van der Waals surface area contributed by atoms with Crippen LogP contribution < -0.4 is 16.6 Å². The van der Waals surface area contributed by atoms with E-state index in [0.29, 0.717) is 16.8 Å². The van der Waals surface area contributed by atoms with Crippen LogP contribution >= 0.6 is 11.6 Å². The Morgan fingerprint density at radius 2 is 2.17 bits per heavy atom. The molecule has 1 aliphatic rings. The molecule has 1 aromatic rings. The number of nitrogens with zero attached hydrogens (tertiary/aromatic N) is 1. The first kappa shape index (κ1) is 13.1. The molecule has 0 radical (unpaired) electrons. The van der Waals surface area contributed by atoms with Gasteiger partial charge in [-0.25, -0.2) is 10.8 Å². The second-order valence-electron chi connectivity index (χ2n) is 5.12. The van der Waals surface area contributed by atoms with E-state index in [4.69, 9.17) is 17.4 Å². The molecule has 1 fully saturated rings. The molecule has 5 nitrogen and oxygen atoms in total. The summed E-state index contributed by atoms with van der Waals surface area (Å²) in [7, 11) is 0. The van der Waals surface area contributed by atoms with Crippen molar-refractivity contribution in [2.45, 2.75) is 32.2 Å². The number of halogens is 1. The standard InChI is InChI=1S/C12H17ClN4O/c1-12(2,7-3-4-7)16-11(18)10-8(13)5-6-9(15-10)17-14/h5-7H,3-4,14H2,1-2H3,(H,15,17)(H,16,18). The number of aromatic nitrogens is 1. The number of nitrogen functional groups attached to an aromatic ring is 1. The third kappa shape index (κ3) is 2.73. The van der Waals surface area contributed by atoms with Crippen molar-refractivity contribution in [3.8, 4) is 0 Å². The van der Waals surface area contributed by atoms with E-state index in [9.17, 15) is 4.79 Å². The Kier molecular flexibility index (Phi) is 3.45. The summed E-state index contributed by atoms with van der Waals surface area (Å²) < 4.78 is 0. The van der Waals surface area contributed by atoms with Gasteiger partial charge in [0.2, 0.25) is 0 Å². The summed E-state index contributed by atoms with van der Waals surface area (Å²) in [5.74, 6) is 5.95. The molecule has 1 aromatic heterocycles. The van der Waals surface area contributed by atoms with Gasteiger partial charge >= 0.3 is 0 Å². The third-order valence-electron chi connectivity index (χ3n) is 3.24. The molecule has 0 aliphatic heterocycles. The van der Waals surface area contributed by atoms with Crippen LogP contribution in [0.5, 0.6) is 0 Å². The number of rotatable bonds is 4. The van der Waals surface area contributed by atoms with Crippen molar-refractivity contribution in [2.75, 3.05) is 5.43 Å². The van der Waals surface area contributed by atoms with Crippen LogP contribution in [-0.2, 0) is 0 Å². The number of pyridine rings is 1. The number of carbonyl (C=O) groups excluding carboxylic acids is 1. The number of hydrazine groups is 1. The van der Waals surface area contributed by atoms with Gasteiger partial charge in [-0.2, -0.15) is 0 Å². The minimum atomic E-state index is -0.269. The van der Waals surface area contributed by atoms with Crippen LogP contribution in [0.3, 0.4) is 0 Å². The van der Waals surface area contributed by atoms with E-state index in [1.54, 1.807) is 12.1 Å². The summed E-state index contributed by atoms with van der Waals surface area (Å²) in [6.07, 6.45) is 2.30. The van der Waals surface area contributed by atoms with Gasteiger partial charge in [0.1, 0.15) is 11.5 Å². The second kappa shape index (κ2) is 4.74. The molecule has 0 bridgehead atoms. The molecule has 6 heteroatoms. The number of hydrogen-bond donors (Lipinski definition) is 3. The highest BCUT2D eigenvalue weighted by Gasteiger charge is 2.39. The number of anilines is 1. The maximum atomic E-state index is 12.2. The van der Waals surface area contributed by atoms with E-state index in [0.717, 1.165) is 12.8 Å². The summed E-state index contributed by atoms with van der Waals surface area (Å²) in [5.41, 5.74) is 2.36. The Labute approximate surface area is 111 Å². The quantitative estimate of drug-likeness (QED) is 0.576. The van der Waals surface area contributed by atoms with Crippen molar-refractivity contribution >= 4 is 23.3 Å². The molecule has 0 unspecified atom stereocenters. The maximum Gasteiger partial charge on any atom is 0.271 e. The van der Waals surface area contributed by atoms with Crippen molar-refractivity contribution in [1.82, 2.24) is 10.3 Å². The van der Waals surface area contributed by atoms with Gasteiger partial charge in [-0.05, 0) is 44.7 Å². The van der Waals surface area contributed by atoms with Crippen LogP contribution in [0, 0.1) is 5.92 Å². The fourth-order valence-electron chi connectivity index (χ4n) is 1.94. The second-order valence-corrected chi connectivity index (χ2v) is 5.53. The van der Waals surface area contributed by atoms with E-state index < -0.39 is 0 Å². The van der Waals surface area contributed by atoms with Gasteiger partial charge in [-0.3, -0.25) is 4.79 Å². The van der Waals surface area contributed by atoms with Gasteiger partial charge in [0.15, 0.2) is 0 Å². The Morgan fingerprint density at radius 1 is 1.50 bits per heavy atom. The fourth-order valence-corrected chi connectivity index (χ4v) is 2.13. The molecule has 18 heavy (non-hydrogen) atoms. The molecule has 0 spiro atoms. The predicted molar refractivity (Wildman–Crippen MR) is 71.3 cm³/mol. The van der Waals surface area contributed by atoms with Gasteiger partial charge in [0, 0.05) is 5.54 Å². The highest BCUT2D eigenvalue weighted by Crippen LogP contribution is 2.39. The molecule has 1 aliphatic carbocycles. The van der Waals surface area contributed by atoms with Crippen molar-refractivity contribution in [2.24, 2.45) is 11.8 Å². The lowest BCUT2D eigenvalue weighted by molar-refractivity contribution is 0.0898. The predicted octanol–water partition coefficient (Wildman–Crippen LogP) is 1.94. The molecule has 2 rings (SSSR count). The average molecular weight is 269 g/mol. The van der Waals surface area contributed by atoms with Crippen LogP contribution in [0.4, 0.5) is 5.82 Å². The Morgan fingerprint density at radius 3 is 2.72 bits per heavy atom. The molecule has 1 amide bonds. The van der Waals surface area contributed by atoms with E-state index in [-0.39, 0.29) is 17.1 Å². The van der Waals surface area contributed by atoms with Crippen molar-refractivity contribution in [1.29, 1.82) is 0 Å². The Hall–Kier alpha value is -1.33. The van der Waals surface area contributed by atoms with E-state index >= 15 is 0 Å². The van der Waals surface area contributed by atoms with E-state index in [1.165, 1.54) is 0 Å². The maximum absolute atomic E-state index is 12.2. The molecule has 98 valence electrons. The first-order valence-corrected chi connectivity index (χ1v) is 6.27. The molecule has 1 saturated carbocycles. The smallest absolute Gasteiger partial charge is 0.271 e. The number of amides is 1. The third-order valence-corrected chi connectivity index (χ3v) is 3.55. The number of carbonyl (C=O) groups is 1. The minimum absolute atomic E-state index is 0.195. The van der Waals surface area contributed by atoms with E-state index in [1.807, 2.05) is 13.8 Å². The Bertz CT molecular complexity index is 471. The normalized spacial score (nSPS) is 15.3. The largest absolute Gasteiger partial charge is 0.345 e. The zero-order valence-electron chi connectivity index (χ0n) is 10.5. The molecular weight excluding hydrogens is 252 g/mol. The molecular formula is C12H17ClN4O. The SMILES string of the molecule is CC(C)(NC(=O)c1nc(NN)ccc1Cl)C1CC1. The summed E-state index contributed by atoms with van der Waals surface area (Å²) in [6, 6.07) is 3.22. The van der Waals surface area contributed by atoms with Crippen molar-refractivity contribution < 1.29 is 4.79 Å². The summed E-state index contributed by atoms with van der Waals surface area (Å²) in [4.78, 5) is 16.2. The number of hydrogen-bond acceptors (Lipinski definition) is 4. The summed E-state index contributed by atoms with van der Waals surface area (Å²) in [5, 5.41) is 3.29. The van der Waals surface area contributed by atoms with Gasteiger partial charge in [0.25, 0.3) is 5.91 Å². The average Bonchev–Trinajstić information content (AvgIpc) is 3.13. The van der Waals surface area contributed by atoms with Gasteiger partial charge < -0.3 is 10.7 Å². The monoisotopic (exact) mass is 268 g/mol. The zero-order valence-corrected chi connectivity index (χ0v) is 11.2. The molecule has 1 heterocycles. The van der Waals surface area contributed by atoms with Gasteiger partial charge in [-0.1, -0.05) is 11.6 Å². The zero-order chi connectivity index (χ0) is 13.3. The van der Waals surface area contributed by atoms with Crippen LogP contribution in [0.15, 0.2) is 12.1 Å². The molecule has 0 atom stereocenters. The first-order chi connectivity index (χ1) is 8.44. The van der Waals surface area contributed by atoms with Crippen molar-refractivity contribution in [3.63, 3.8) is 0 Å². The lowest BCUT2D eigenvalue weighted by Crippen LogP contribution is -2.45. The molecule has 0 saturated heterocycles. The van der Waals surface area contributed by atoms with Crippen LogP contribution in [0.25, 0.3) is 0 Å².